The van der Waals surface area contributed by atoms with Crippen molar-refractivity contribution in [1.82, 2.24) is 0 Å². The molecule has 0 heterocycles. The highest BCUT2D eigenvalue weighted by Crippen LogP contribution is 2.12. The third kappa shape index (κ3) is 9.16. The Bertz CT molecular complexity index is 552. The van der Waals surface area contributed by atoms with Gasteiger partial charge in [-0.25, -0.2) is 4.79 Å². The Labute approximate surface area is 144 Å². The first kappa shape index (κ1) is 20.0. The number of rotatable bonds is 11. The summed E-state index contributed by atoms with van der Waals surface area (Å²) < 4.78 is 11.1. The summed E-state index contributed by atoms with van der Waals surface area (Å²) in [6.45, 7) is 8.19. The molecular formula is C20H28O4. The number of allylic oxidation sites excluding steroid dienone is 3. The molecule has 1 aromatic carbocycles. The summed E-state index contributed by atoms with van der Waals surface area (Å²) in [6.07, 6.45) is 7.33. The van der Waals surface area contributed by atoms with E-state index >= 15 is 0 Å². The Morgan fingerprint density at radius 2 is 1.79 bits per heavy atom. The number of benzene rings is 1. The Balaban J connectivity index is 2.09. The first-order valence-corrected chi connectivity index (χ1v) is 8.32. The standard InChI is InChI=1S/C20H28O4/c1-16(2)6-4-7-17(3)12-15-23-13-5-14-24-19-10-8-18(9-11-19)20(21)22/h6,8-12H,4-5,7,13-15H2,1-3H3,(H,21,22)/b17-12+. The minimum absolute atomic E-state index is 0.262. The van der Waals surface area contributed by atoms with E-state index in [-0.39, 0.29) is 5.56 Å². The van der Waals surface area contributed by atoms with E-state index in [1.54, 1.807) is 12.1 Å². The fraction of sp³-hybridized carbons (Fsp3) is 0.450. The molecule has 0 unspecified atom stereocenters. The summed E-state index contributed by atoms with van der Waals surface area (Å²) in [4.78, 5) is 10.7. The lowest BCUT2D eigenvalue weighted by Crippen LogP contribution is -2.04. The maximum Gasteiger partial charge on any atom is 0.335 e. The highest BCUT2D eigenvalue weighted by Gasteiger charge is 2.01. The molecule has 1 aromatic rings. The van der Waals surface area contributed by atoms with Gasteiger partial charge in [0.05, 0.1) is 25.4 Å². The van der Waals surface area contributed by atoms with Crippen molar-refractivity contribution in [3.8, 4) is 5.75 Å². The molecule has 0 atom stereocenters. The van der Waals surface area contributed by atoms with Gasteiger partial charge in [0.2, 0.25) is 0 Å². The van der Waals surface area contributed by atoms with Gasteiger partial charge < -0.3 is 14.6 Å². The SMILES string of the molecule is CC(C)=CCC/C(C)=C/COCCCOc1ccc(C(=O)O)cc1. The molecule has 1 rings (SSSR count). The molecular weight excluding hydrogens is 304 g/mol. The maximum atomic E-state index is 10.7. The predicted molar refractivity (Wildman–Crippen MR) is 96.8 cm³/mol. The quantitative estimate of drug-likeness (QED) is 0.464. The fourth-order valence-corrected chi connectivity index (χ4v) is 2.02. The molecule has 0 aromatic heterocycles. The van der Waals surface area contributed by atoms with Crippen molar-refractivity contribution in [1.29, 1.82) is 0 Å². The first-order chi connectivity index (χ1) is 11.5. The number of carboxylic acid groups (broad SMARTS) is 1. The molecule has 0 radical (unpaired) electrons. The number of carbonyl (C=O) groups is 1. The molecule has 24 heavy (non-hydrogen) atoms. The van der Waals surface area contributed by atoms with Crippen LogP contribution >= 0.6 is 0 Å². The molecule has 132 valence electrons. The second-order valence-corrected chi connectivity index (χ2v) is 5.98. The third-order valence-corrected chi connectivity index (χ3v) is 3.44. The summed E-state index contributed by atoms with van der Waals surface area (Å²) in [5.41, 5.74) is 2.97. The molecule has 4 nitrogen and oxygen atoms in total. The Kier molecular flexibility index (Phi) is 9.54. The lowest BCUT2D eigenvalue weighted by atomic mass is 10.1. The van der Waals surface area contributed by atoms with Gasteiger partial charge >= 0.3 is 5.97 Å². The van der Waals surface area contributed by atoms with Crippen molar-refractivity contribution < 1.29 is 19.4 Å². The second kappa shape index (κ2) is 11.5. The molecule has 0 aliphatic rings. The van der Waals surface area contributed by atoms with E-state index in [1.165, 1.54) is 23.3 Å². The Morgan fingerprint density at radius 3 is 2.42 bits per heavy atom. The van der Waals surface area contributed by atoms with Crippen LogP contribution in [-0.2, 0) is 4.74 Å². The molecule has 0 saturated carbocycles. The van der Waals surface area contributed by atoms with Crippen LogP contribution in [0.25, 0.3) is 0 Å². The van der Waals surface area contributed by atoms with Gasteiger partial charge in [0.25, 0.3) is 0 Å². The number of hydrogen-bond acceptors (Lipinski definition) is 3. The molecule has 0 amide bonds. The van der Waals surface area contributed by atoms with E-state index in [9.17, 15) is 4.79 Å². The summed E-state index contributed by atoms with van der Waals surface area (Å²) >= 11 is 0. The first-order valence-electron chi connectivity index (χ1n) is 8.32. The topological polar surface area (TPSA) is 55.8 Å². The average molecular weight is 332 g/mol. The molecule has 0 fully saturated rings. The zero-order valence-electron chi connectivity index (χ0n) is 14.9. The van der Waals surface area contributed by atoms with E-state index in [2.05, 4.69) is 32.9 Å². The van der Waals surface area contributed by atoms with Gasteiger partial charge in [0, 0.05) is 6.42 Å². The van der Waals surface area contributed by atoms with Gasteiger partial charge in [-0.15, -0.1) is 0 Å². The van der Waals surface area contributed by atoms with Gasteiger partial charge in [-0.3, -0.25) is 0 Å². The number of carboxylic acids is 1. The monoisotopic (exact) mass is 332 g/mol. The Morgan fingerprint density at radius 1 is 1.08 bits per heavy atom. The summed E-state index contributed by atoms with van der Waals surface area (Å²) in [5.74, 6) is -0.255. The highest BCUT2D eigenvalue weighted by atomic mass is 16.5. The van der Waals surface area contributed by atoms with Crippen molar-refractivity contribution in [3.63, 3.8) is 0 Å². The van der Waals surface area contributed by atoms with Crippen molar-refractivity contribution in [2.75, 3.05) is 19.8 Å². The third-order valence-electron chi connectivity index (χ3n) is 3.44. The van der Waals surface area contributed by atoms with Crippen molar-refractivity contribution in [3.05, 3.63) is 53.1 Å². The van der Waals surface area contributed by atoms with Gasteiger partial charge in [-0.2, -0.15) is 0 Å². The predicted octanol–water partition coefficient (Wildman–Crippen LogP) is 4.86. The average Bonchev–Trinajstić information content (AvgIpc) is 2.54. The van der Waals surface area contributed by atoms with Crippen molar-refractivity contribution in [2.45, 2.75) is 40.0 Å². The maximum absolute atomic E-state index is 10.7. The molecule has 0 aliphatic carbocycles. The van der Waals surface area contributed by atoms with Gasteiger partial charge in [0.15, 0.2) is 0 Å². The highest BCUT2D eigenvalue weighted by molar-refractivity contribution is 5.87. The molecule has 0 saturated heterocycles. The molecule has 0 aliphatic heterocycles. The molecule has 1 N–H and O–H groups in total. The van der Waals surface area contributed by atoms with Gasteiger partial charge in [-0.05, 0) is 57.9 Å². The van der Waals surface area contributed by atoms with Crippen LogP contribution in [0.15, 0.2) is 47.6 Å². The van der Waals surface area contributed by atoms with E-state index < -0.39 is 5.97 Å². The van der Waals surface area contributed by atoms with E-state index in [4.69, 9.17) is 14.6 Å². The zero-order valence-corrected chi connectivity index (χ0v) is 14.9. The second-order valence-electron chi connectivity index (χ2n) is 5.98. The number of ether oxygens (including phenoxy) is 2. The Hall–Kier alpha value is -2.07. The molecule has 0 spiro atoms. The van der Waals surface area contributed by atoms with E-state index in [0.29, 0.717) is 25.6 Å². The van der Waals surface area contributed by atoms with Crippen LogP contribution in [0.3, 0.4) is 0 Å². The fourth-order valence-electron chi connectivity index (χ4n) is 2.02. The van der Waals surface area contributed by atoms with Crippen LogP contribution in [0.2, 0.25) is 0 Å². The lowest BCUT2D eigenvalue weighted by Gasteiger charge is -2.07. The smallest absolute Gasteiger partial charge is 0.335 e. The number of aromatic carboxylic acids is 1. The summed E-state index contributed by atoms with van der Waals surface area (Å²) in [5, 5.41) is 8.82. The van der Waals surface area contributed by atoms with Crippen LogP contribution in [0, 0.1) is 0 Å². The normalized spacial score (nSPS) is 11.2. The minimum Gasteiger partial charge on any atom is -0.494 e. The van der Waals surface area contributed by atoms with Crippen molar-refractivity contribution >= 4 is 5.97 Å². The van der Waals surface area contributed by atoms with E-state index in [1.807, 2.05) is 0 Å². The number of hydrogen-bond donors (Lipinski definition) is 1. The van der Waals surface area contributed by atoms with Crippen LogP contribution in [-0.4, -0.2) is 30.9 Å². The van der Waals surface area contributed by atoms with Gasteiger partial charge in [0.1, 0.15) is 5.75 Å². The summed E-state index contributed by atoms with van der Waals surface area (Å²) in [6, 6.07) is 6.42. The van der Waals surface area contributed by atoms with Gasteiger partial charge in [-0.1, -0.05) is 23.3 Å². The molecule has 0 bridgehead atoms. The zero-order chi connectivity index (χ0) is 17.8. The van der Waals surface area contributed by atoms with Crippen LogP contribution < -0.4 is 4.74 Å². The molecule has 4 heteroatoms. The minimum atomic E-state index is -0.931. The lowest BCUT2D eigenvalue weighted by molar-refractivity contribution is 0.0697. The largest absolute Gasteiger partial charge is 0.494 e. The van der Waals surface area contributed by atoms with Crippen LogP contribution in [0.1, 0.15) is 50.4 Å². The van der Waals surface area contributed by atoms with E-state index in [0.717, 1.165) is 19.3 Å². The van der Waals surface area contributed by atoms with Crippen LogP contribution in [0.4, 0.5) is 0 Å². The van der Waals surface area contributed by atoms with Crippen LogP contribution in [0.5, 0.6) is 5.75 Å². The summed E-state index contributed by atoms with van der Waals surface area (Å²) in [7, 11) is 0. The van der Waals surface area contributed by atoms with Crippen molar-refractivity contribution in [2.24, 2.45) is 0 Å².